The van der Waals surface area contributed by atoms with Crippen molar-refractivity contribution < 1.29 is 5.11 Å². The zero-order chi connectivity index (χ0) is 13.4. The molecule has 1 aromatic heterocycles. The highest BCUT2D eigenvalue weighted by molar-refractivity contribution is 5.84. The third-order valence-electron chi connectivity index (χ3n) is 4.58. The number of aromatic nitrogens is 1. The van der Waals surface area contributed by atoms with Crippen LogP contribution < -0.4 is 0 Å². The van der Waals surface area contributed by atoms with E-state index in [1.807, 2.05) is 0 Å². The van der Waals surface area contributed by atoms with Crippen LogP contribution in [0.2, 0.25) is 0 Å². The van der Waals surface area contributed by atoms with Crippen LogP contribution in [0.5, 0.6) is 0 Å². The molecule has 2 unspecified atom stereocenters. The Bertz CT molecular complexity index is 584. The maximum Gasteiger partial charge on any atom is 0.0571 e. The molecule has 2 nitrogen and oxygen atoms in total. The van der Waals surface area contributed by atoms with Crippen LogP contribution in [0, 0.1) is 12.8 Å². The van der Waals surface area contributed by atoms with Crippen molar-refractivity contribution in [2.45, 2.75) is 45.1 Å². The van der Waals surface area contributed by atoms with E-state index in [2.05, 4.69) is 42.9 Å². The first kappa shape index (κ1) is 12.7. The smallest absolute Gasteiger partial charge is 0.0571 e. The summed E-state index contributed by atoms with van der Waals surface area (Å²) in [6.45, 7) is 2.14. The van der Waals surface area contributed by atoms with E-state index in [9.17, 15) is 5.11 Å². The van der Waals surface area contributed by atoms with E-state index in [1.54, 1.807) is 0 Å². The lowest BCUT2D eigenvalue weighted by Crippen LogP contribution is -2.26. The van der Waals surface area contributed by atoms with E-state index in [1.165, 1.54) is 41.3 Å². The molecule has 102 valence electrons. The number of benzene rings is 1. The summed E-state index contributed by atoms with van der Waals surface area (Å²) >= 11 is 0. The molecular formula is C17H23NO. The number of rotatable bonds is 2. The van der Waals surface area contributed by atoms with E-state index in [0.29, 0.717) is 5.92 Å². The van der Waals surface area contributed by atoms with Crippen LogP contribution in [-0.4, -0.2) is 15.8 Å². The standard InChI is InChI=1S/C17H23NO/c1-12-7-8-15-14(11-18(2)16(15)9-12)10-13-5-3-4-6-17(13)19/h7-9,11,13,17,19H,3-6,10H2,1-2H3. The van der Waals surface area contributed by atoms with E-state index >= 15 is 0 Å². The maximum atomic E-state index is 10.1. The summed E-state index contributed by atoms with van der Waals surface area (Å²) in [5.41, 5.74) is 4.00. The van der Waals surface area contributed by atoms with Crippen LogP contribution >= 0.6 is 0 Å². The summed E-state index contributed by atoms with van der Waals surface area (Å²) in [6, 6.07) is 6.66. The molecule has 0 radical (unpaired) electrons. The predicted octanol–water partition coefficient (Wildman–Crippen LogP) is 3.58. The number of aryl methyl sites for hydroxylation is 2. The minimum absolute atomic E-state index is 0.102. The van der Waals surface area contributed by atoms with Crippen molar-refractivity contribution in [3.8, 4) is 0 Å². The average molecular weight is 257 g/mol. The van der Waals surface area contributed by atoms with Gasteiger partial charge in [0.15, 0.2) is 0 Å². The van der Waals surface area contributed by atoms with E-state index in [-0.39, 0.29) is 6.10 Å². The van der Waals surface area contributed by atoms with Crippen molar-refractivity contribution in [2.75, 3.05) is 0 Å². The fourth-order valence-electron chi connectivity index (χ4n) is 3.45. The second-order valence-electron chi connectivity index (χ2n) is 6.10. The number of hydrogen-bond donors (Lipinski definition) is 1. The average Bonchev–Trinajstić information content (AvgIpc) is 2.69. The predicted molar refractivity (Wildman–Crippen MR) is 79.3 cm³/mol. The van der Waals surface area contributed by atoms with E-state index in [4.69, 9.17) is 0 Å². The van der Waals surface area contributed by atoms with Gasteiger partial charge in [-0.05, 0) is 49.3 Å². The molecule has 0 bridgehead atoms. The Morgan fingerprint density at radius 3 is 2.84 bits per heavy atom. The molecule has 0 amide bonds. The molecule has 1 aromatic carbocycles. The normalized spacial score (nSPS) is 23.9. The van der Waals surface area contributed by atoms with Crippen LogP contribution in [0.3, 0.4) is 0 Å². The molecule has 3 rings (SSSR count). The fraction of sp³-hybridized carbons (Fsp3) is 0.529. The van der Waals surface area contributed by atoms with Gasteiger partial charge in [0.2, 0.25) is 0 Å². The molecule has 1 heterocycles. The number of aliphatic hydroxyl groups excluding tert-OH is 1. The SMILES string of the molecule is Cc1ccc2c(CC3CCCCC3O)cn(C)c2c1. The third kappa shape index (κ3) is 2.42. The first-order valence-electron chi connectivity index (χ1n) is 7.38. The highest BCUT2D eigenvalue weighted by atomic mass is 16.3. The van der Waals surface area contributed by atoms with Crippen molar-refractivity contribution in [3.05, 3.63) is 35.5 Å². The molecule has 19 heavy (non-hydrogen) atoms. The first-order chi connectivity index (χ1) is 9.15. The zero-order valence-electron chi connectivity index (χ0n) is 11.9. The Kier molecular flexibility index (Phi) is 3.36. The number of hydrogen-bond acceptors (Lipinski definition) is 1. The molecule has 1 saturated carbocycles. The monoisotopic (exact) mass is 257 g/mol. The minimum Gasteiger partial charge on any atom is -0.393 e. The van der Waals surface area contributed by atoms with Gasteiger partial charge >= 0.3 is 0 Å². The summed E-state index contributed by atoms with van der Waals surface area (Å²) in [7, 11) is 2.11. The lowest BCUT2D eigenvalue weighted by molar-refractivity contribution is 0.0702. The van der Waals surface area contributed by atoms with E-state index < -0.39 is 0 Å². The van der Waals surface area contributed by atoms with Crippen LogP contribution in [0.15, 0.2) is 24.4 Å². The zero-order valence-corrected chi connectivity index (χ0v) is 11.9. The van der Waals surface area contributed by atoms with Gasteiger partial charge in [-0.2, -0.15) is 0 Å². The molecule has 2 aromatic rings. The van der Waals surface area contributed by atoms with Gasteiger partial charge in [-0.1, -0.05) is 25.0 Å². The van der Waals surface area contributed by atoms with Crippen molar-refractivity contribution in [2.24, 2.45) is 13.0 Å². The summed E-state index contributed by atoms with van der Waals surface area (Å²) in [5, 5.41) is 11.5. The Balaban J connectivity index is 1.92. The molecule has 2 heteroatoms. The van der Waals surface area contributed by atoms with Crippen molar-refractivity contribution in [1.82, 2.24) is 4.57 Å². The summed E-state index contributed by atoms with van der Waals surface area (Å²) in [5.74, 6) is 0.445. The topological polar surface area (TPSA) is 25.2 Å². The van der Waals surface area contributed by atoms with E-state index in [0.717, 1.165) is 12.8 Å². The van der Waals surface area contributed by atoms with Gasteiger partial charge in [0.25, 0.3) is 0 Å². The van der Waals surface area contributed by atoms with Crippen LogP contribution in [-0.2, 0) is 13.5 Å². The highest BCUT2D eigenvalue weighted by Crippen LogP contribution is 2.31. The van der Waals surface area contributed by atoms with Gasteiger partial charge in [0, 0.05) is 24.1 Å². The molecule has 0 saturated heterocycles. The fourth-order valence-corrected chi connectivity index (χ4v) is 3.45. The first-order valence-corrected chi connectivity index (χ1v) is 7.38. The highest BCUT2D eigenvalue weighted by Gasteiger charge is 2.24. The maximum absolute atomic E-state index is 10.1. The Morgan fingerprint density at radius 2 is 2.05 bits per heavy atom. The molecular weight excluding hydrogens is 234 g/mol. The largest absolute Gasteiger partial charge is 0.393 e. The van der Waals surface area contributed by atoms with Gasteiger partial charge in [-0.3, -0.25) is 0 Å². The van der Waals surface area contributed by atoms with Gasteiger partial charge in [0.1, 0.15) is 0 Å². The van der Waals surface area contributed by atoms with Gasteiger partial charge < -0.3 is 9.67 Å². The van der Waals surface area contributed by atoms with Crippen molar-refractivity contribution in [1.29, 1.82) is 0 Å². The van der Waals surface area contributed by atoms with Crippen LogP contribution in [0.1, 0.15) is 36.8 Å². The Hall–Kier alpha value is -1.28. The Morgan fingerprint density at radius 1 is 1.26 bits per heavy atom. The molecule has 1 fully saturated rings. The Labute approximate surface area is 115 Å². The number of aliphatic hydroxyl groups is 1. The molecule has 0 spiro atoms. The molecule has 2 atom stereocenters. The minimum atomic E-state index is -0.102. The van der Waals surface area contributed by atoms with Crippen LogP contribution in [0.25, 0.3) is 10.9 Å². The lowest BCUT2D eigenvalue weighted by atomic mass is 9.82. The second-order valence-corrected chi connectivity index (χ2v) is 6.10. The number of nitrogens with zero attached hydrogens (tertiary/aromatic N) is 1. The summed E-state index contributed by atoms with van der Waals surface area (Å²) in [4.78, 5) is 0. The van der Waals surface area contributed by atoms with Gasteiger partial charge in [-0.25, -0.2) is 0 Å². The number of fused-ring (bicyclic) bond motifs is 1. The lowest BCUT2D eigenvalue weighted by Gasteiger charge is -2.27. The molecule has 1 aliphatic rings. The summed E-state index contributed by atoms with van der Waals surface area (Å²) in [6.07, 6.45) is 7.76. The van der Waals surface area contributed by atoms with Crippen LogP contribution in [0.4, 0.5) is 0 Å². The van der Waals surface area contributed by atoms with Crippen molar-refractivity contribution >= 4 is 10.9 Å². The van der Waals surface area contributed by atoms with Gasteiger partial charge in [0.05, 0.1) is 6.10 Å². The quantitative estimate of drug-likeness (QED) is 0.874. The third-order valence-corrected chi connectivity index (χ3v) is 4.58. The second kappa shape index (κ2) is 5.01. The summed E-state index contributed by atoms with van der Waals surface area (Å²) < 4.78 is 2.22. The molecule has 0 aliphatic heterocycles. The van der Waals surface area contributed by atoms with Crippen molar-refractivity contribution in [3.63, 3.8) is 0 Å². The molecule has 1 aliphatic carbocycles. The molecule has 1 N–H and O–H groups in total. The van der Waals surface area contributed by atoms with Gasteiger partial charge in [-0.15, -0.1) is 0 Å².